The molecule has 0 aromatic carbocycles. The molecule has 3 heterocycles. The Morgan fingerprint density at radius 1 is 1.35 bits per heavy atom. The maximum atomic E-state index is 5.40. The molecular formula is C13H14N4OS2. The topological polar surface area (TPSA) is 63.8 Å². The maximum Gasteiger partial charge on any atom is 0.262 e. The van der Waals surface area contributed by atoms with Crippen molar-refractivity contribution in [1.29, 1.82) is 0 Å². The number of fused-ring (bicyclic) bond motifs is 1. The molecule has 0 aliphatic rings. The third-order valence-electron chi connectivity index (χ3n) is 2.76. The zero-order chi connectivity index (χ0) is 14.1. The number of aromatic nitrogens is 3. The predicted octanol–water partition coefficient (Wildman–Crippen LogP) is 3.74. The molecule has 1 N–H and O–H groups in total. The van der Waals surface area contributed by atoms with Gasteiger partial charge in [-0.1, -0.05) is 6.92 Å². The Balaban J connectivity index is 2.09. The molecule has 0 aliphatic heterocycles. The van der Waals surface area contributed by atoms with Crippen LogP contribution in [0.2, 0.25) is 0 Å². The van der Waals surface area contributed by atoms with Crippen molar-refractivity contribution >= 4 is 39.3 Å². The monoisotopic (exact) mass is 306 g/mol. The van der Waals surface area contributed by atoms with E-state index in [-0.39, 0.29) is 0 Å². The molecule has 0 fully saturated rings. The van der Waals surface area contributed by atoms with E-state index < -0.39 is 0 Å². The molecule has 3 rings (SSSR count). The summed E-state index contributed by atoms with van der Waals surface area (Å²) in [5, 5.41) is 5.54. The minimum atomic E-state index is 0.605. The Kier molecular flexibility index (Phi) is 3.62. The number of oxazole rings is 1. The highest BCUT2D eigenvalue weighted by atomic mass is 32.2. The van der Waals surface area contributed by atoms with Crippen molar-refractivity contribution in [3.63, 3.8) is 0 Å². The fourth-order valence-corrected chi connectivity index (χ4v) is 3.65. The first-order chi connectivity index (χ1) is 9.69. The molecule has 0 unspecified atom stereocenters. The largest absolute Gasteiger partial charge is 0.439 e. The van der Waals surface area contributed by atoms with Gasteiger partial charge in [0.15, 0.2) is 0 Å². The van der Waals surface area contributed by atoms with Gasteiger partial charge >= 0.3 is 0 Å². The summed E-state index contributed by atoms with van der Waals surface area (Å²) >= 11 is 3.13. The minimum absolute atomic E-state index is 0.605. The molecule has 0 saturated carbocycles. The molecule has 5 nitrogen and oxygen atoms in total. The molecule has 0 atom stereocenters. The van der Waals surface area contributed by atoms with Crippen molar-refractivity contribution in [2.45, 2.75) is 30.5 Å². The Morgan fingerprint density at radius 2 is 2.20 bits per heavy atom. The van der Waals surface area contributed by atoms with Crippen molar-refractivity contribution in [3.05, 3.63) is 22.9 Å². The van der Waals surface area contributed by atoms with E-state index in [2.05, 4.69) is 33.3 Å². The van der Waals surface area contributed by atoms with Gasteiger partial charge in [-0.15, -0.1) is 11.3 Å². The first kappa shape index (κ1) is 13.4. The van der Waals surface area contributed by atoms with E-state index in [1.165, 1.54) is 16.6 Å². The maximum absolute atomic E-state index is 5.40. The highest BCUT2D eigenvalue weighted by Gasteiger charge is 2.14. The summed E-state index contributed by atoms with van der Waals surface area (Å²) in [6.45, 7) is 4.04. The molecule has 0 bridgehead atoms. The van der Waals surface area contributed by atoms with Crippen LogP contribution < -0.4 is 5.32 Å². The minimum Gasteiger partial charge on any atom is -0.439 e. The van der Waals surface area contributed by atoms with Gasteiger partial charge in [-0.2, -0.15) is 0 Å². The average Bonchev–Trinajstić information content (AvgIpc) is 3.04. The van der Waals surface area contributed by atoms with Crippen LogP contribution in [0.3, 0.4) is 0 Å². The first-order valence-corrected chi connectivity index (χ1v) is 7.91. The molecular weight excluding hydrogens is 292 g/mol. The van der Waals surface area contributed by atoms with Crippen LogP contribution in [0, 0.1) is 6.92 Å². The number of thiophene rings is 1. The number of nitrogens with zero attached hydrogens (tertiary/aromatic N) is 3. The lowest BCUT2D eigenvalue weighted by atomic mass is 10.3. The molecule has 3 aromatic rings. The normalized spacial score (nSPS) is 11.2. The van der Waals surface area contributed by atoms with Crippen molar-refractivity contribution in [2.75, 3.05) is 12.4 Å². The second kappa shape index (κ2) is 5.41. The molecule has 20 heavy (non-hydrogen) atoms. The summed E-state index contributed by atoms with van der Waals surface area (Å²) in [4.78, 5) is 15.6. The third kappa shape index (κ3) is 2.51. The van der Waals surface area contributed by atoms with Crippen LogP contribution in [0.4, 0.5) is 5.95 Å². The van der Waals surface area contributed by atoms with Crippen LogP contribution in [0.1, 0.15) is 17.5 Å². The molecule has 0 aliphatic carbocycles. The fraction of sp³-hybridized carbons (Fsp3) is 0.308. The van der Waals surface area contributed by atoms with Crippen LogP contribution in [0.5, 0.6) is 0 Å². The van der Waals surface area contributed by atoms with Crippen molar-refractivity contribution in [2.24, 2.45) is 0 Å². The van der Waals surface area contributed by atoms with Crippen LogP contribution >= 0.6 is 23.1 Å². The number of hydrogen-bond donors (Lipinski definition) is 1. The van der Waals surface area contributed by atoms with Crippen molar-refractivity contribution in [1.82, 2.24) is 15.0 Å². The van der Waals surface area contributed by atoms with E-state index >= 15 is 0 Å². The summed E-state index contributed by atoms with van der Waals surface area (Å²) in [7, 11) is 1.82. The molecule has 0 spiro atoms. The predicted molar refractivity (Wildman–Crippen MR) is 81.7 cm³/mol. The smallest absolute Gasteiger partial charge is 0.262 e. The second-order valence-corrected chi connectivity index (χ2v) is 6.30. The van der Waals surface area contributed by atoms with Gasteiger partial charge in [0.05, 0.1) is 5.69 Å². The van der Waals surface area contributed by atoms with Crippen LogP contribution in [-0.4, -0.2) is 22.0 Å². The Bertz CT molecular complexity index is 750. The van der Waals surface area contributed by atoms with Gasteiger partial charge in [-0.3, -0.25) is 0 Å². The first-order valence-electron chi connectivity index (χ1n) is 6.27. The molecule has 7 heteroatoms. The molecule has 0 amide bonds. The van der Waals surface area contributed by atoms with Gasteiger partial charge in [0.2, 0.25) is 5.95 Å². The van der Waals surface area contributed by atoms with Crippen LogP contribution in [0.15, 0.2) is 27.0 Å². The van der Waals surface area contributed by atoms with E-state index in [0.717, 1.165) is 27.4 Å². The fourth-order valence-electron chi connectivity index (χ4n) is 1.77. The molecule has 0 radical (unpaired) electrons. The van der Waals surface area contributed by atoms with E-state index in [0.29, 0.717) is 11.2 Å². The Hall–Kier alpha value is -1.60. The lowest BCUT2D eigenvalue weighted by molar-refractivity contribution is 0.454. The van der Waals surface area contributed by atoms with E-state index in [9.17, 15) is 0 Å². The summed E-state index contributed by atoms with van der Waals surface area (Å²) < 4.78 is 5.40. The van der Waals surface area contributed by atoms with Gasteiger partial charge < -0.3 is 9.73 Å². The zero-order valence-corrected chi connectivity index (χ0v) is 13.1. The molecule has 104 valence electrons. The van der Waals surface area contributed by atoms with Gasteiger partial charge in [0.1, 0.15) is 16.1 Å². The summed E-state index contributed by atoms with van der Waals surface area (Å²) in [6, 6.07) is 2.15. The number of hydrogen-bond acceptors (Lipinski definition) is 7. The van der Waals surface area contributed by atoms with E-state index in [1.54, 1.807) is 17.6 Å². The number of anilines is 1. The number of nitrogens with one attached hydrogen (secondary N) is 1. The number of rotatable bonds is 4. The SMILES string of the molecule is CCc1cc2c(Sc3nc(C)co3)nc(NC)nc2s1. The van der Waals surface area contributed by atoms with E-state index in [1.807, 2.05) is 14.0 Å². The standard InChI is InChI=1S/C13H14N4OS2/c1-4-8-5-9-10(19-8)16-12(14-3)17-11(9)20-13-15-7(2)6-18-13/h5-6H,4H2,1-3H3,(H,14,16,17). The summed E-state index contributed by atoms with van der Waals surface area (Å²) in [6.07, 6.45) is 2.64. The van der Waals surface area contributed by atoms with Crippen molar-refractivity contribution in [3.8, 4) is 0 Å². The summed E-state index contributed by atoms with van der Waals surface area (Å²) in [5.41, 5.74) is 0.867. The van der Waals surface area contributed by atoms with Gasteiger partial charge in [0.25, 0.3) is 5.22 Å². The lowest BCUT2D eigenvalue weighted by Gasteiger charge is -2.02. The lowest BCUT2D eigenvalue weighted by Crippen LogP contribution is -1.96. The second-order valence-electron chi connectivity index (χ2n) is 4.24. The van der Waals surface area contributed by atoms with E-state index in [4.69, 9.17) is 4.42 Å². The highest BCUT2D eigenvalue weighted by Crippen LogP contribution is 2.35. The average molecular weight is 306 g/mol. The van der Waals surface area contributed by atoms with Crippen molar-refractivity contribution < 1.29 is 4.42 Å². The third-order valence-corrected chi connectivity index (χ3v) is 4.80. The Morgan fingerprint density at radius 3 is 2.85 bits per heavy atom. The van der Waals surface area contributed by atoms with Gasteiger partial charge in [0, 0.05) is 17.3 Å². The quantitative estimate of drug-likeness (QED) is 0.741. The zero-order valence-electron chi connectivity index (χ0n) is 11.4. The van der Waals surface area contributed by atoms with Gasteiger partial charge in [-0.05, 0) is 31.2 Å². The molecule has 3 aromatic heterocycles. The number of aryl methyl sites for hydroxylation is 2. The summed E-state index contributed by atoms with van der Waals surface area (Å²) in [5.74, 6) is 0.618. The highest BCUT2D eigenvalue weighted by molar-refractivity contribution is 7.99. The molecule has 0 saturated heterocycles. The van der Waals surface area contributed by atoms with Gasteiger partial charge in [-0.25, -0.2) is 15.0 Å². The van der Waals surface area contributed by atoms with Crippen LogP contribution in [-0.2, 0) is 6.42 Å². The Labute approximate surface area is 124 Å². The van der Waals surface area contributed by atoms with Crippen LogP contribution in [0.25, 0.3) is 10.2 Å².